The molecule has 0 saturated heterocycles. The van der Waals surface area contributed by atoms with Crippen LogP contribution in [0, 0.1) is 0 Å². The zero-order valence-corrected chi connectivity index (χ0v) is 7.47. The average molecular weight is 192 g/mol. The van der Waals surface area contributed by atoms with Gasteiger partial charge in [-0.05, 0) is 13.3 Å². The fraction of sp³-hybridized carbons (Fsp3) is 0.667. The third-order valence-electron chi connectivity index (χ3n) is 0.707. The second-order valence-corrected chi connectivity index (χ2v) is 5.82. The Hall–Kier alpha value is 0.280. The molecule has 1 N–H and O–H groups in total. The van der Waals surface area contributed by atoms with Crippen LogP contribution in [-0.4, -0.2) is 20.0 Å². The molecule has 0 aliphatic carbocycles. The minimum atomic E-state index is -4.57. The van der Waals surface area contributed by atoms with E-state index in [9.17, 15) is 12.6 Å². The van der Waals surface area contributed by atoms with Crippen molar-refractivity contribution >= 4 is 21.5 Å². The highest BCUT2D eigenvalue weighted by molar-refractivity contribution is 7.71. The Morgan fingerprint density at radius 2 is 1.80 bits per heavy atom. The lowest BCUT2D eigenvalue weighted by Gasteiger charge is -2.07. The number of rotatable bonds is 2. The fourth-order valence-corrected chi connectivity index (χ4v) is 2.61. The Kier molecular flexibility index (Phi) is 3.21. The molecule has 0 spiro atoms. The summed E-state index contributed by atoms with van der Waals surface area (Å²) in [5, 5.41) is 2.08. The highest BCUT2D eigenvalue weighted by Crippen LogP contribution is 2.60. The van der Waals surface area contributed by atoms with Crippen LogP contribution in [0.15, 0.2) is 4.52 Å². The Bertz CT molecular complexity index is 202. The number of nitrogens with zero attached hydrogens (tertiary/aromatic N) is 1. The zero-order chi connectivity index (χ0) is 8.41. The van der Waals surface area contributed by atoms with Gasteiger partial charge in [-0.15, -0.1) is 0 Å². The van der Waals surface area contributed by atoms with Crippen LogP contribution < -0.4 is 5.09 Å². The quantitative estimate of drug-likeness (QED) is 0.668. The first-order valence-corrected chi connectivity index (χ1v) is 6.18. The summed E-state index contributed by atoms with van der Waals surface area (Å²) in [5.41, 5.74) is 0. The van der Waals surface area contributed by atoms with Gasteiger partial charge in [0.05, 0.1) is 0 Å². The zero-order valence-electron chi connectivity index (χ0n) is 5.68. The predicted octanol–water partition coefficient (Wildman–Crippen LogP) is 2.97. The third kappa shape index (κ3) is 5.10. The van der Waals surface area contributed by atoms with Gasteiger partial charge in [0.2, 0.25) is 7.52 Å². The van der Waals surface area contributed by atoms with Crippen LogP contribution in [-0.2, 0) is 0 Å². The lowest BCUT2D eigenvalue weighted by Crippen LogP contribution is -1.95. The summed E-state index contributed by atoms with van der Waals surface area (Å²) >= 11 is 0. The molecule has 2 nitrogen and oxygen atoms in total. The van der Waals surface area contributed by atoms with Crippen LogP contribution in [0.2, 0.25) is 0 Å². The SMILES string of the molecule is C=P(F)(F)N=P(C)(F)NC. The van der Waals surface area contributed by atoms with Crippen LogP contribution in [0.3, 0.4) is 0 Å². The topological polar surface area (TPSA) is 24.4 Å². The first-order valence-electron chi connectivity index (χ1n) is 2.39. The molecule has 0 aromatic carbocycles. The number of nitrogens with one attached hydrogen (secondary N) is 1. The molecular formula is C3H9F3N2P2. The summed E-state index contributed by atoms with van der Waals surface area (Å²) in [4.78, 5) is 0. The van der Waals surface area contributed by atoms with Crippen molar-refractivity contribution in [3.05, 3.63) is 0 Å². The van der Waals surface area contributed by atoms with Gasteiger partial charge in [0.1, 0.15) is 0 Å². The standard InChI is InChI=1S/C3H9F3N2P2/c1-7-10(3,6)8-9(2,4)5/h7H,2H2,1,3H3. The second-order valence-electron chi connectivity index (χ2n) is 1.76. The maximum atomic E-state index is 12.7. The molecule has 0 fully saturated rings. The lowest BCUT2D eigenvalue weighted by atomic mass is 11.6. The van der Waals surface area contributed by atoms with Crippen molar-refractivity contribution in [2.24, 2.45) is 4.52 Å². The highest BCUT2D eigenvalue weighted by Gasteiger charge is 2.15. The van der Waals surface area contributed by atoms with Crippen LogP contribution >= 0.6 is 15.2 Å². The summed E-state index contributed by atoms with van der Waals surface area (Å²) in [6.45, 7) is 1.02. The van der Waals surface area contributed by atoms with E-state index in [4.69, 9.17) is 0 Å². The average Bonchev–Trinajstić information content (AvgIpc) is 1.60. The Labute approximate surface area is 58.3 Å². The first-order chi connectivity index (χ1) is 4.27. The summed E-state index contributed by atoms with van der Waals surface area (Å²) in [5.74, 6) is 0. The molecule has 0 heterocycles. The number of halogens is 3. The monoisotopic (exact) mass is 192 g/mol. The van der Waals surface area contributed by atoms with E-state index in [0.29, 0.717) is 0 Å². The van der Waals surface area contributed by atoms with Gasteiger partial charge >= 0.3 is 7.66 Å². The molecule has 0 aromatic heterocycles. The fourth-order valence-electron chi connectivity index (χ4n) is 0.290. The lowest BCUT2D eigenvalue weighted by molar-refractivity contribution is 0.738. The highest BCUT2D eigenvalue weighted by atomic mass is 31.3. The minimum Gasteiger partial charge on any atom is -0.261 e. The predicted molar refractivity (Wildman–Crippen MR) is 41.7 cm³/mol. The van der Waals surface area contributed by atoms with Gasteiger partial charge in [-0.1, -0.05) is 0 Å². The van der Waals surface area contributed by atoms with E-state index in [1.54, 1.807) is 0 Å². The molecule has 7 heteroatoms. The Morgan fingerprint density at radius 1 is 1.40 bits per heavy atom. The van der Waals surface area contributed by atoms with Crippen molar-refractivity contribution in [1.29, 1.82) is 0 Å². The van der Waals surface area contributed by atoms with E-state index in [1.807, 2.05) is 0 Å². The van der Waals surface area contributed by atoms with E-state index in [1.165, 1.54) is 7.05 Å². The summed E-state index contributed by atoms with van der Waals surface area (Å²) in [6.07, 6.45) is 2.46. The summed E-state index contributed by atoms with van der Waals surface area (Å²) < 4.78 is 39.3. The second kappa shape index (κ2) is 3.12. The van der Waals surface area contributed by atoms with Crippen LogP contribution in [0.25, 0.3) is 0 Å². The van der Waals surface area contributed by atoms with E-state index in [2.05, 4.69) is 15.9 Å². The molecule has 0 saturated carbocycles. The Balaban J connectivity index is 4.61. The molecule has 62 valence electrons. The number of hydrogen-bond acceptors (Lipinski definition) is 1. The Morgan fingerprint density at radius 3 is 1.90 bits per heavy atom. The van der Waals surface area contributed by atoms with E-state index in [-0.39, 0.29) is 0 Å². The van der Waals surface area contributed by atoms with E-state index >= 15 is 0 Å². The summed E-state index contributed by atoms with van der Waals surface area (Å²) in [6, 6.07) is 0. The van der Waals surface area contributed by atoms with Gasteiger partial charge in [-0.2, -0.15) is 17.1 Å². The van der Waals surface area contributed by atoms with Crippen molar-refractivity contribution in [1.82, 2.24) is 5.09 Å². The van der Waals surface area contributed by atoms with Gasteiger partial charge in [0.25, 0.3) is 0 Å². The molecule has 0 rings (SSSR count). The van der Waals surface area contributed by atoms with Crippen LogP contribution in [0.1, 0.15) is 0 Å². The molecule has 10 heavy (non-hydrogen) atoms. The maximum absolute atomic E-state index is 12.7. The smallest absolute Gasteiger partial charge is 0.261 e. The van der Waals surface area contributed by atoms with Gasteiger partial charge in [0.15, 0.2) is 0 Å². The van der Waals surface area contributed by atoms with Crippen LogP contribution in [0.5, 0.6) is 0 Å². The molecule has 1 unspecified atom stereocenters. The molecule has 0 bridgehead atoms. The third-order valence-corrected chi connectivity index (χ3v) is 3.91. The molecule has 0 aliphatic rings. The van der Waals surface area contributed by atoms with Crippen LogP contribution in [0.4, 0.5) is 12.6 Å². The van der Waals surface area contributed by atoms with Crippen molar-refractivity contribution in [3.63, 3.8) is 0 Å². The van der Waals surface area contributed by atoms with Crippen molar-refractivity contribution in [2.45, 2.75) is 0 Å². The molecule has 0 aliphatic heterocycles. The van der Waals surface area contributed by atoms with Gasteiger partial charge in [-0.25, -0.2) is 0 Å². The van der Waals surface area contributed by atoms with E-state index < -0.39 is 15.2 Å². The maximum Gasteiger partial charge on any atom is 0.315 e. The van der Waals surface area contributed by atoms with Gasteiger partial charge < -0.3 is 0 Å². The summed E-state index contributed by atoms with van der Waals surface area (Å²) in [7, 11) is -6.74. The normalized spacial score (nSPS) is 18.1. The largest absolute Gasteiger partial charge is 0.315 e. The molecule has 1 atom stereocenters. The van der Waals surface area contributed by atoms with Gasteiger partial charge in [-0.3, -0.25) is 5.09 Å². The number of hydrogen-bond donors (Lipinski definition) is 1. The molecule has 0 aromatic rings. The van der Waals surface area contributed by atoms with E-state index in [0.717, 1.165) is 6.66 Å². The minimum absolute atomic E-state index is 1.02. The first kappa shape index (κ1) is 10.3. The van der Waals surface area contributed by atoms with Crippen molar-refractivity contribution < 1.29 is 12.6 Å². The molecule has 0 amide bonds. The van der Waals surface area contributed by atoms with Crippen molar-refractivity contribution in [3.8, 4) is 0 Å². The molecular weight excluding hydrogens is 183 g/mol. The van der Waals surface area contributed by atoms with Gasteiger partial charge in [0, 0.05) is 6.66 Å². The molecule has 0 radical (unpaired) electrons. The van der Waals surface area contributed by atoms with Crippen molar-refractivity contribution in [2.75, 3.05) is 13.7 Å².